The van der Waals surface area contributed by atoms with Crippen molar-refractivity contribution in [1.29, 1.82) is 0 Å². The summed E-state index contributed by atoms with van der Waals surface area (Å²) in [7, 11) is 0. The van der Waals surface area contributed by atoms with Gasteiger partial charge in [0.25, 0.3) is 0 Å². The maximum absolute atomic E-state index is 11.5. The minimum absolute atomic E-state index is 0.201. The van der Waals surface area contributed by atoms with Crippen molar-refractivity contribution in [1.82, 2.24) is 0 Å². The van der Waals surface area contributed by atoms with Gasteiger partial charge in [0.2, 0.25) is 5.91 Å². The Morgan fingerprint density at radius 2 is 1.95 bits per heavy atom. The van der Waals surface area contributed by atoms with Gasteiger partial charge in [-0.25, -0.2) is 0 Å². The first-order valence-corrected chi connectivity index (χ1v) is 7.72. The van der Waals surface area contributed by atoms with Crippen molar-refractivity contribution in [2.24, 2.45) is 23.3 Å². The molecular weight excluding hydrogens is 240 g/mol. The van der Waals surface area contributed by atoms with E-state index < -0.39 is 5.54 Å². The number of rotatable bonds is 5. The molecule has 0 heterocycles. The molecule has 19 heavy (non-hydrogen) atoms. The van der Waals surface area contributed by atoms with Crippen molar-refractivity contribution in [2.45, 2.75) is 69.9 Å². The number of primary amides is 1. The van der Waals surface area contributed by atoms with Gasteiger partial charge in [-0.1, -0.05) is 13.3 Å². The third-order valence-electron chi connectivity index (χ3n) is 5.11. The van der Waals surface area contributed by atoms with Crippen LogP contribution in [0.5, 0.6) is 0 Å². The Kier molecular flexibility index (Phi) is 4.85. The third kappa shape index (κ3) is 3.48. The first-order valence-electron chi connectivity index (χ1n) is 7.72. The van der Waals surface area contributed by atoms with Gasteiger partial charge in [-0.2, -0.15) is 0 Å². The van der Waals surface area contributed by atoms with Crippen molar-refractivity contribution < 1.29 is 9.53 Å². The van der Waals surface area contributed by atoms with Gasteiger partial charge in [0.05, 0.1) is 11.6 Å². The van der Waals surface area contributed by atoms with Gasteiger partial charge in [0, 0.05) is 6.61 Å². The normalized spacial score (nSPS) is 39.4. The predicted molar refractivity (Wildman–Crippen MR) is 75.4 cm³/mol. The number of carbonyl (C=O) groups is 1. The molecule has 4 heteroatoms. The zero-order valence-corrected chi connectivity index (χ0v) is 12.1. The highest BCUT2D eigenvalue weighted by Gasteiger charge is 2.43. The van der Waals surface area contributed by atoms with Crippen LogP contribution in [0.25, 0.3) is 0 Å². The Morgan fingerprint density at radius 1 is 1.26 bits per heavy atom. The molecule has 2 saturated carbocycles. The zero-order valence-electron chi connectivity index (χ0n) is 12.1. The smallest absolute Gasteiger partial charge is 0.237 e. The number of hydrogen-bond acceptors (Lipinski definition) is 3. The first-order chi connectivity index (χ1) is 9.02. The van der Waals surface area contributed by atoms with Crippen molar-refractivity contribution >= 4 is 5.91 Å². The van der Waals surface area contributed by atoms with Gasteiger partial charge in [0.15, 0.2) is 0 Å². The van der Waals surface area contributed by atoms with E-state index in [1.807, 2.05) is 0 Å². The average molecular weight is 268 g/mol. The van der Waals surface area contributed by atoms with Crippen molar-refractivity contribution in [3.8, 4) is 0 Å². The average Bonchev–Trinajstić information content (AvgIpc) is 2.75. The molecule has 1 amide bonds. The van der Waals surface area contributed by atoms with Crippen LogP contribution >= 0.6 is 0 Å². The lowest BCUT2D eigenvalue weighted by Gasteiger charge is -2.30. The fourth-order valence-corrected chi connectivity index (χ4v) is 3.60. The quantitative estimate of drug-likeness (QED) is 0.800. The van der Waals surface area contributed by atoms with Gasteiger partial charge < -0.3 is 16.2 Å². The summed E-state index contributed by atoms with van der Waals surface area (Å²) < 4.78 is 5.96. The van der Waals surface area contributed by atoms with Crippen LogP contribution in [0.15, 0.2) is 0 Å². The lowest BCUT2D eigenvalue weighted by atomic mass is 9.85. The minimum Gasteiger partial charge on any atom is -0.378 e. The molecule has 0 radical (unpaired) electrons. The van der Waals surface area contributed by atoms with Gasteiger partial charge in [0.1, 0.15) is 0 Å². The summed E-state index contributed by atoms with van der Waals surface area (Å²) in [5, 5.41) is 0. The molecule has 2 aliphatic carbocycles. The second-order valence-electron chi connectivity index (χ2n) is 6.54. The Morgan fingerprint density at radius 3 is 2.58 bits per heavy atom. The number of carbonyl (C=O) groups excluding carboxylic acids is 1. The molecule has 0 saturated heterocycles. The predicted octanol–water partition coefficient (Wildman–Crippen LogP) is 1.95. The molecule has 0 aromatic carbocycles. The van der Waals surface area contributed by atoms with Crippen LogP contribution in [-0.2, 0) is 9.53 Å². The van der Waals surface area contributed by atoms with Crippen molar-refractivity contribution in [3.63, 3.8) is 0 Å². The summed E-state index contributed by atoms with van der Waals surface area (Å²) in [6.07, 6.45) is 8.92. The fourth-order valence-electron chi connectivity index (χ4n) is 3.60. The van der Waals surface area contributed by atoms with E-state index in [1.165, 1.54) is 25.7 Å². The van der Waals surface area contributed by atoms with Crippen LogP contribution in [0.1, 0.15) is 58.3 Å². The Balaban J connectivity index is 1.72. The lowest BCUT2D eigenvalue weighted by molar-refractivity contribution is -0.124. The summed E-state index contributed by atoms with van der Waals surface area (Å²) in [5.41, 5.74) is 10.8. The SMILES string of the molecule is CC1CCC(OCCC2CCCC2(N)C(N)=O)CC1. The lowest BCUT2D eigenvalue weighted by Crippen LogP contribution is -2.54. The fraction of sp³-hybridized carbons (Fsp3) is 0.933. The first kappa shape index (κ1) is 14.8. The highest BCUT2D eigenvalue weighted by molar-refractivity contribution is 5.85. The molecule has 0 spiro atoms. The molecule has 2 fully saturated rings. The van der Waals surface area contributed by atoms with Crippen LogP contribution < -0.4 is 11.5 Å². The highest BCUT2D eigenvalue weighted by Crippen LogP contribution is 2.36. The standard InChI is InChI=1S/C15H28N2O2/c1-11-4-6-13(7-5-11)19-10-8-12-3-2-9-15(12,17)14(16)18/h11-13H,2-10,17H2,1H3,(H2,16,18). The molecule has 4 nitrogen and oxygen atoms in total. The van der Waals surface area contributed by atoms with E-state index in [2.05, 4.69) is 6.92 Å². The number of hydrogen-bond donors (Lipinski definition) is 2. The largest absolute Gasteiger partial charge is 0.378 e. The molecular formula is C15H28N2O2. The molecule has 2 rings (SSSR count). The molecule has 0 aromatic rings. The Labute approximate surface area is 116 Å². The number of amides is 1. The molecule has 0 aliphatic heterocycles. The topological polar surface area (TPSA) is 78.3 Å². The van der Waals surface area contributed by atoms with Gasteiger partial charge >= 0.3 is 0 Å². The van der Waals surface area contributed by atoms with Crippen LogP contribution in [-0.4, -0.2) is 24.2 Å². The summed E-state index contributed by atoms with van der Waals surface area (Å²) in [6.45, 7) is 3.03. The molecule has 4 N–H and O–H groups in total. The summed E-state index contributed by atoms with van der Waals surface area (Å²) >= 11 is 0. The van der Waals surface area contributed by atoms with Gasteiger partial charge in [-0.3, -0.25) is 4.79 Å². The van der Waals surface area contributed by atoms with Crippen molar-refractivity contribution in [3.05, 3.63) is 0 Å². The van der Waals surface area contributed by atoms with E-state index in [9.17, 15) is 4.79 Å². The number of nitrogens with two attached hydrogens (primary N) is 2. The molecule has 2 atom stereocenters. The van der Waals surface area contributed by atoms with Crippen LogP contribution in [0.2, 0.25) is 0 Å². The highest BCUT2D eigenvalue weighted by atomic mass is 16.5. The van der Waals surface area contributed by atoms with E-state index in [4.69, 9.17) is 16.2 Å². The second-order valence-corrected chi connectivity index (χ2v) is 6.54. The number of ether oxygens (including phenoxy) is 1. The van der Waals surface area contributed by atoms with Crippen LogP contribution in [0.3, 0.4) is 0 Å². The minimum atomic E-state index is -0.787. The molecule has 2 unspecified atom stereocenters. The van der Waals surface area contributed by atoms with Gasteiger partial charge in [-0.05, 0) is 56.8 Å². The van der Waals surface area contributed by atoms with E-state index in [0.29, 0.717) is 6.10 Å². The second kappa shape index (κ2) is 6.23. The van der Waals surface area contributed by atoms with E-state index >= 15 is 0 Å². The van der Waals surface area contributed by atoms with Crippen LogP contribution in [0.4, 0.5) is 0 Å². The maximum atomic E-state index is 11.5. The third-order valence-corrected chi connectivity index (χ3v) is 5.11. The zero-order chi connectivity index (χ0) is 13.9. The molecule has 0 aromatic heterocycles. The summed E-state index contributed by atoms with van der Waals surface area (Å²) in [6, 6.07) is 0. The van der Waals surface area contributed by atoms with E-state index in [-0.39, 0.29) is 11.8 Å². The van der Waals surface area contributed by atoms with E-state index in [1.54, 1.807) is 0 Å². The Hall–Kier alpha value is -0.610. The molecule has 2 aliphatic rings. The van der Waals surface area contributed by atoms with Gasteiger partial charge in [-0.15, -0.1) is 0 Å². The molecule has 110 valence electrons. The summed E-state index contributed by atoms with van der Waals surface area (Å²) in [4.78, 5) is 11.5. The maximum Gasteiger partial charge on any atom is 0.237 e. The van der Waals surface area contributed by atoms with Crippen molar-refractivity contribution in [2.75, 3.05) is 6.61 Å². The molecule has 0 bridgehead atoms. The van der Waals surface area contributed by atoms with E-state index in [0.717, 1.165) is 38.2 Å². The monoisotopic (exact) mass is 268 g/mol. The summed E-state index contributed by atoms with van der Waals surface area (Å²) in [5.74, 6) is 0.704. The van der Waals surface area contributed by atoms with Crippen LogP contribution in [0, 0.1) is 11.8 Å². The Bertz CT molecular complexity index is 313.